The Bertz CT molecular complexity index is 934. The lowest BCUT2D eigenvalue weighted by Gasteiger charge is -2.38. The van der Waals surface area contributed by atoms with Crippen LogP contribution >= 0.6 is 0 Å². The molecule has 1 heterocycles. The van der Waals surface area contributed by atoms with E-state index in [1.165, 1.54) is 23.8 Å². The number of likely N-dealkylation sites (tertiary alicyclic amines) is 1. The average molecular weight is 410 g/mol. The molecule has 0 N–H and O–H groups in total. The second-order valence-corrected chi connectivity index (χ2v) is 7.94. The number of aryl methyl sites for hydroxylation is 1. The van der Waals surface area contributed by atoms with E-state index in [0.717, 1.165) is 50.2 Å². The summed E-state index contributed by atoms with van der Waals surface area (Å²) in [6.07, 6.45) is 6.02. The van der Waals surface area contributed by atoms with Crippen LogP contribution in [-0.4, -0.2) is 50.4 Å². The first kappa shape index (κ1) is 20.6. The molecule has 158 valence electrons. The Kier molecular flexibility index (Phi) is 6.48. The maximum Gasteiger partial charge on any atom is 0.337 e. The molecule has 0 radical (unpaired) electrons. The molecule has 0 saturated carbocycles. The highest BCUT2D eigenvalue weighted by molar-refractivity contribution is 5.91. The average Bonchev–Trinajstić information content (AvgIpc) is 2.96. The minimum absolute atomic E-state index is 0.165. The number of ether oxygens (including phenoxy) is 2. The van der Waals surface area contributed by atoms with E-state index in [4.69, 9.17) is 9.47 Å². The SMILES string of the molecule is COC(=O)c1ccc2c(c1)CCCC=C2c1cccc(OC2CN(CCCF)C2)c1. The third-order valence-electron chi connectivity index (χ3n) is 5.79. The topological polar surface area (TPSA) is 38.8 Å². The zero-order chi connectivity index (χ0) is 20.9. The molecule has 2 aromatic rings. The molecular weight excluding hydrogens is 381 g/mol. The number of allylic oxidation sites excluding steroid dienone is 1. The molecule has 5 heteroatoms. The molecule has 0 bridgehead atoms. The molecule has 1 fully saturated rings. The van der Waals surface area contributed by atoms with E-state index in [0.29, 0.717) is 12.0 Å². The molecule has 30 heavy (non-hydrogen) atoms. The Hall–Kier alpha value is -2.66. The fourth-order valence-corrected chi connectivity index (χ4v) is 4.22. The van der Waals surface area contributed by atoms with Gasteiger partial charge in [-0.1, -0.05) is 24.3 Å². The number of rotatable bonds is 7. The van der Waals surface area contributed by atoms with Crippen molar-refractivity contribution in [2.75, 3.05) is 33.4 Å². The van der Waals surface area contributed by atoms with E-state index in [-0.39, 0.29) is 18.7 Å². The van der Waals surface area contributed by atoms with Crippen LogP contribution < -0.4 is 4.74 Å². The van der Waals surface area contributed by atoms with Crippen LogP contribution in [0.2, 0.25) is 0 Å². The van der Waals surface area contributed by atoms with Crippen molar-refractivity contribution >= 4 is 11.5 Å². The molecule has 0 amide bonds. The van der Waals surface area contributed by atoms with Crippen LogP contribution in [-0.2, 0) is 11.2 Å². The van der Waals surface area contributed by atoms with Gasteiger partial charge in [-0.25, -0.2) is 4.79 Å². The van der Waals surface area contributed by atoms with E-state index in [9.17, 15) is 9.18 Å². The zero-order valence-electron chi connectivity index (χ0n) is 17.4. The molecule has 1 aliphatic carbocycles. The fourth-order valence-electron chi connectivity index (χ4n) is 4.22. The van der Waals surface area contributed by atoms with Crippen molar-refractivity contribution in [2.24, 2.45) is 0 Å². The quantitative estimate of drug-likeness (QED) is 0.624. The normalized spacial score (nSPS) is 16.8. The van der Waals surface area contributed by atoms with Gasteiger partial charge in [-0.2, -0.15) is 0 Å². The van der Waals surface area contributed by atoms with Gasteiger partial charge in [0, 0.05) is 19.6 Å². The highest BCUT2D eigenvalue weighted by Gasteiger charge is 2.28. The number of hydrogen-bond donors (Lipinski definition) is 0. The molecule has 1 saturated heterocycles. The van der Waals surface area contributed by atoms with Crippen LogP contribution in [0.15, 0.2) is 48.5 Å². The van der Waals surface area contributed by atoms with E-state index in [1.807, 2.05) is 30.3 Å². The van der Waals surface area contributed by atoms with E-state index in [1.54, 1.807) is 0 Å². The van der Waals surface area contributed by atoms with Crippen LogP contribution in [0.25, 0.3) is 5.57 Å². The van der Waals surface area contributed by atoms with Crippen LogP contribution in [0, 0.1) is 0 Å². The molecular formula is C25H28FNO3. The van der Waals surface area contributed by atoms with Crippen LogP contribution in [0.4, 0.5) is 4.39 Å². The molecule has 0 unspecified atom stereocenters. The number of fused-ring (bicyclic) bond motifs is 1. The minimum atomic E-state index is -0.302. The molecule has 0 aromatic heterocycles. The van der Waals surface area contributed by atoms with E-state index >= 15 is 0 Å². The van der Waals surface area contributed by atoms with Gasteiger partial charge in [0.1, 0.15) is 11.9 Å². The van der Waals surface area contributed by atoms with Gasteiger partial charge in [-0.15, -0.1) is 0 Å². The summed E-state index contributed by atoms with van der Waals surface area (Å²) in [7, 11) is 1.41. The number of halogens is 1. The van der Waals surface area contributed by atoms with Gasteiger partial charge >= 0.3 is 5.97 Å². The third kappa shape index (κ3) is 4.57. The predicted octanol–water partition coefficient (Wildman–Crippen LogP) is 4.66. The molecule has 0 spiro atoms. The molecule has 2 aromatic carbocycles. The first-order chi connectivity index (χ1) is 14.7. The molecule has 0 atom stereocenters. The van der Waals surface area contributed by atoms with Crippen molar-refractivity contribution in [2.45, 2.75) is 31.8 Å². The fraction of sp³-hybridized carbons (Fsp3) is 0.400. The summed E-state index contributed by atoms with van der Waals surface area (Å²) >= 11 is 0. The van der Waals surface area contributed by atoms with Crippen molar-refractivity contribution in [3.8, 4) is 5.75 Å². The number of carbonyl (C=O) groups is 1. The summed E-state index contributed by atoms with van der Waals surface area (Å²) in [6, 6.07) is 14.0. The molecule has 4 nitrogen and oxygen atoms in total. The minimum Gasteiger partial charge on any atom is -0.488 e. The smallest absolute Gasteiger partial charge is 0.337 e. The Morgan fingerprint density at radius 3 is 2.87 bits per heavy atom. The van der Waals surface area contributed by atoms with E-state index < -0.39 is 0 Å². The number of hydrogen-bond acceptors (Lipinski definition) is 4. The second-order valence-electron chi connectivity index (χ2n) is 7.94. The highest BCUT2D eigenvalue weighted by atomic mass is 19.1. The summed E-state index contributed by atoms with van der Waals surface area (Å²) in [4.78, 5) is 14.1. The molecule has 2 aliphatic rings. The van der Waals surface area contributed by atoms with Gasteiger partial charge in [-0.05, 0) is 72.2 Å². The third-order valence-corrected chi connectivity index (χ3v) is 5.79. The Morgan fingerprint density at radius 1 is 1.20 bits per heavy atom. The number of alkyl halides is 1. The zero-order valence-corrected chi connectivity index (χ0v) is 17.4. The van der Waals surface area contributed by atoms with E-state index in [2.05, 4.69) is 23.1 Å². The first-order valence-electron chi connectivity index (χ1n) is 10.6. The lowest BCUT2D eigenvalue weighted by Crippen LogP contribution is -2.53. The maximum absolute atomic E-state index is 12.3. The number of carbonyl (C=O) groups excluding carboxylic acids is 1. The van der Waals surface area contributed by atoms with Crippen molar-refractivity contribution in [3.63, 3.8) is 0 Å². The Morgan fingerprint density at radius 2 is 2.07 bits per heavy atom. The highest BCUT2D eigenvalue weighted by Crippen LogP contribution is 2.33. The van der Waals surface area contributed by atoms with Gasteiger partial charge in [0.05, 0.1) is 19.3 Å². The Labute approximate surface area is 177 Å². The maximum atomic E-state index is 12.3. The number of esters is 1. The largest absolute Gasteiger partial charge is 0.488 e. The Balaban J connectivity index is 1.51. The van der Waals surface area contributed by atoms with Crippen LogP contribution in [0.1, 0.15) is 46.3 Å². The van der Waals surface area contributed by atoms with Gasteiger partial charge in [-0.3, -0.25) is 9.29 Å². The van der Waals surface area contributed by atoms with Crippen molar-refractivity contribution < 1.29 is 18.7 Å². The summed E-state index contributed by atoms with van der Waals surface area (Å²) in [5.41, 5.74) is 5.24. The first-order valence-corrected chi connectivity index (χ1v) is 10.6. The van der Waals surface area contributed by atoms with Gasteiger partial charge < -0.3 is 9.47 Å². The van der Waals surface area contributed by atoms with Crippen molar-refractivity contribution in [3.05, 3.63) is 70.8 Å². The monoisotopic (exact) mass is 409 g/mol. The number of nitrogens with zero attached hydrogens (tertiary/aromatic N) is 1. The van der Waals surface area contributed by atoms with Gasteiger partial charge in [0.25, 0.3) is 0 Å². The summed E-state index contributed by atoms with van der Waals surface area (Å²) in [6.45, 7) is 2.24. The van der Waals surface area contributed by atoms with Crippen LogP contribution in [0.3, 0.4) is 0 Å². The lowest BCUT2D eigenvalue weighted by molar-refractivity contribution is 0.0184. The number of methoxy groups -OCH3 is 1. The molecule has 4 rings (SSSR count). The van der Waals surface area contributed by atoms with Crippen LogP contribution in [0.5, 0.6) is 5.75 Å². The summed E-state index contributed by atoms with van der Waals surface area (Å²) in [5, 5.41) is 0. The van der Waals surface area contributed by atoms with Gasteiger partial charge in [0.15, 0.2) is 0 Å². The van der Waals surface area contributed by atoms with Crippen molar-refractivity contribution in [1.82, 2.24) is 4.90 Å². The standard InChI is InChI=1S/C25H28FNO3/c1-29-25(28)20-10-11-24-18(14-20)6-2-3-9-23(24)19-7-4-8-21(15-19)30-22-16-27(17-22)13-5-12-26/h4,7-11,14-15,22H,2-3,5-6,12-13,16-17H2,1H3. The predicted molar refractivity (Wildman–Crippen MR) is 116 cm³/mol. The lowest BCUT2D eigenvalue weighted by atomic mass is 9.92. The summed E-state index contributed by atoms with van der Waals surface area (Å²) < 4.78 is 23.3. The van der Waals surface area contributed by atoms with Gasteiger partial charge in [0.2, 0.25) is 0 Å². The van der Waals surface area contributed by atoms with Crippen molar-refractivity contribution in [1.29, 1.82) is 0 Å². The second kappa shape index (κ2) is 9.43. The number of benzene rings is 2. The summed E-state index contributed by atoms with van der Waals surface area (Å²) in [5.74, 6) is 0.560. The molecule has 1 aliphatic heterocycles.